The molecule has 1 aromatic rings. The second-order valence-electron chi connectivity index (χ2n) is 7.23. The van der Waals surface area contributed by atoms with Gasteiger partial charge in [-0.1, -0.05) is 31.5 Å². The van der Waals surface area contributed by atoms with Crippen LogP contribution in [0.2, 0.25) is 0 Å². The summed E-state index contributed by atoms with van der Waals surface area (Å²) in [5.41, 5.74) is 4.17. The van der Waals surface area contributed by atoms with Crippen molar-refractivity contribution in [2.45, 2.75) is 47.6 Å². The van der Waals surface area contributed by atoms with Crippen molar-refractivity contribution in [2.75, 3.05) is 25.5 Å². The first-order chi connectivity index (χ1) is 11.1. The third-order valence-corrected chi connectivity index (χ3v) is 4.25. The maximum atomic E-state index is 12.3. The van der Waals surface area contributed by atoms with Gasteiger partial charge >= 0.3 is 0 Å². The van der Waals surface area contributed by atoms with Crippen LogP contribution in [0.5, 0.6) is 0 Å². The first-order valence-corrected chi connectivity index (χ1v) is 8.58. The zero-order chi connectivity index (χ0) is 18.4. The molecule has 0 saturated heterocycles. The second-order valence-corrected chi connectivity index (χ2v) is 7.23. The normalized spacial score (nSPS) is 13.5. The molecule has 0 saturated carbocycles. The number of nitrogens with one attached hydrogen (secondary N) is 3. The fourth-order valence-electron chi connectivity index (χ4n) is 2.64. The summed E-state index contributed by atoms with van der Waals surface area (Å²) in [6.45, 7) is 12.7. The van der Waals surface area contributed by atoms with Crippen molar-refractivity contribution >= 4 is 17.5 Å². The molecule has 5 heteroatoms. The Morgan fingerprint density at radius 2 is 1.50 bits per heavy atom. The SMILES string of the molecule is Cc1cc(C)c(NC(=O)C[NH+](C)CC(=O)N[C@H](C)C(C)C)c(C)c1. The predicted octanol–water partition coefficient (Wildman–Crippen LogP) is 1.23. The van der Waals surface area contributed by atoms with Crippen LogP contribution in [0.1, 0.15) is 37.5 Å². The Morgan fingerprint density at radius 1 is 1.00 bits per heavy atom. The molecular formula is C19H32N3O2+. The fraction of sp³-hybridized carbons (Fsp3) is 0.579. The van der Waals surface area contributed by atoms with E-state index in [-0.39, 0.29) is 30.9 Å². The van der Waals surface area contributed by atoms with E-state index in [1.54, 1.807) is 0 Å². The summed E-state index contributed by atoms with van der Waals surface area (Å²) >= 11 is 0. The number of rotatable bonds is 7. The van der Waals surface area contributed by atoms with Gasteiger partial charge in [-0.2, -0.15) is 0 Å². The fourth-order valence-corrected chi connectivity index (χ4v) is 2.64. The predicted molar refractivity (Wildman–Crippen MR) is 98.3 cm³/mol. The van der Waals surface area contributed by atoms with E-state index < -0.39 is 0 Å². The molecule has 0 radical (unpaired) electrons. The Morgan fingerprint density at radius 3 is 2.00 bits per heavy atom. The smallest absolute Gasteiger partial charge is 0.279 e. The number of carbonyl (C=O) groups excluding carboxylic acids is 2. The largest absolute Gasteiger partial charge is 0.348 e. The Kier molecular flexibility index (Phi) is 7.42. The van der Waals surface area contributed by atoms with Gasteiger partial charge in [0.2, 0.25) is 0 Å². The molecule has 1 unspecified atom stereocenters. The van der Waals surface area contributed by atoms with E-state index >= 15 is 0 Å². The average Bonchev–Trinajstić information content (AvgIpc) is 2.42. The van der Waals surface area contributed by atoms with Gasteiger partial charge in [0.1, 0.15) is 0 Å². The molecule has 0 aliphatic carbocycles. The molecule has 0 fully saturated rings. The van der Waals surface area contributed by atoms with E-state index in [2.05, 4.69) is 36.6 Å². The van der Waals surface area contributed by atoms with E-state index in [0.29, 0.717) is 5.92 Å². The lowest BCUT2D eigenvalue weighted by Crippen LogP contribution is -3.11. The maximum absolute atomic E-state index is 12.3. The van der Waals surface area contributed by atoms with Crippen molar-refractivity contribution in [3.63, 3.8) is 0 Å². The van der Waals surface area contributed by atoms with Crippen molar-refractivity contribution in [2.24, 2.45) is 5.92 Å². The van der Waals surface area contributed by atoms with Gasteiger partial charge in [-0.25, -0.2) is 0 Å². The summed E-state index contributed by atoms with van der Waals surface area (Å²) in [6, 6.07) is 4.25. The lowest BCUT2D eigenvalue weighted by molar-refractivity contribution is -0.862. The minimum Gasteiger partial charge on any atom is -0.348 e. The molecule has 0 aliphatic rings. The van der Waals surface area contributed by atoms with Gasteiger partial charge in [0.05, 0.1) is 7.05 Å². The molecule has 0 bridgehead atoms. The highest BCUT2D eigenvalue weighted by Crippen LogP contribution is 2.21. The number of quaternary nitrogens is 1. The van der Waals surface area contributed by atoms with Crippen LogP contribution in [-0.4, -0.2) is 38.0 Å². The average molecular weight is 334 g/mol. The summed E-state index contributed by atoms with van der Waals surface area (Å²) in [5.74, 6) is 0.293. The van der Waals surface area contributed by atoms with Gasteiger partial charge in [-0.3, -0.25) is 9.59 Å². The lowest BCUT2D eigenvalue weighted by Gasteiger charge is -2.19. The molecule has 134 valence electrons. The highest BCUT2D eigenvalue weighted by Gasteiger charge is 2.17. The first-order valence-electron chi connectivity index (χ1n) is 8.58. The van der Waals surface area contributed by atoms with Gasteiger partial charge in [-0.15, -0.1) is 0 Å². The molecule has 0 heterocycles. The minimum absolute atomic E-state index is 0.0239. The van der Waals surface area contributed by atoms with Crippen LogP contribution < -0.4 is 15.5 Å². The minimum atomic E-state index is -0.0766. The van der Waals surface area contributed by atoms with Crippen molar-refractivity contribution < 1.29 is 14.5 Å². The number of amides is 2. The van der Waals surface area contributed by atoms with Crippen LogP contribution in [0.3, 0.4) is 0 Å². The van der Waals surface area contributed by atoms with E-state index in [1.807, 2.05) is 34.7 Å². The zero-order valence-electron chi connectivity index (χ0n) is 16.0. The zero-order valence-corrected chi connectivity index (χ0v) is 16.0. The van der Waals surface area contributed by atoms with Crippen LogP contribution in [0, 0.1) is 26.7 Å². The highest BCUT2D eigenvalue weighted by molar-refractivity contribution is 5.93. The number of aryl methyl sites for hydroxylation is 3. The van der Waals surface area contributed by atoms with Gasteiger partial charge in [0, 0.05) is 11.7 Å². The monoisotopic (exact) mass is 334 g/mol. The van der Waals surface area contributed by atoms with Crippen LogP contribution in [0.4, 0.5) is 5.69 Å². The third-order valence-electron chi connectivity index (χ3n) is 4.25. The molecule has 2 atom stereocenters. The molecule has 0 aromatic heterocycles. The number of benzene rings is 1. The van der Waals surface area contributed by atoms with E-state index in [4.69, 9.17) is 0 Å². The van der Waals surface area contributed by atoms with Crippen LogP contribution in [0.25, 0.3) is 0 Å². The van der Waals surface area contributed by atoms with Crippen molar-refractivity contribution in [1.29, 1.82) is 0 Å². The van der Waals surface area contributed by atoms with Crippen molar-refractivity contribution in [3.05, 3.63) is 28.8 Å². The van der Waals surface area contributed by atoms with E-state index in [9.17, 15) is 9.59 Å². The number of carbonyl (C=O) groups is 2. The highest BCUT2D eigenvalue weighted by atomic mass is 16.2. The van der Waals surface area contributed by atoms with Gasteiger partial charge in [0.15, 0.2) is 13.1 Å². The number of anilines is 1. The van der Waals surface area contributed by atoms with E-state index in [0.717, 1.165) is 21.7 Å². The molecule has 0 spiro atoms. The van der Waals surface area contributed by atoms with Crippen LogP contribution in [-0.2, 0) is 9.59 Å². The molecule has 0 aliphatic heterocycles. The van der Waals surface area contributed by atoms with Gasteiger partial charge in [-0.05, 0) is 44.7 Å². The maximum Gasteiger partial charge on any atom is 0.279 e. The Balaban J connectivity index is 2.55. The van der Waals surface area contributed by atoms with Crippen LogP contribution >= 0.6 is 0 Å². The topological polar surface area (TPSA) is 62.6 Å². The van der Waals surface area contributed by atoms with Crippen molar-refractivity contribution in [3.8, 4) is 0 Å². The lowest BCUT2D eigenvalue weighted by atomic mass is 10.1. The quantitative estimate of drug-likeness (QED) is 0.702. The molecule has 1 rings (SSSR count). The summed E-state index contributed by atoms with van der Waals surface area (Å²) in [6.07, 6.45) is 0. The van der Waals surface area contributed by atoms with Crippen molar-refractivity contribution in [1.82, 2.24) is 5.32 Å². The molecule has 5 nitrogen and oxygen atoms in total. The Labute approximate surface area is 145 Å². The molecule has 24 heavy (non-hydrogen) atoms. The summed E-state index contributed by atoms with van der Waals surface area (Å²) in [5, 5.41) is 5.94. The Bertz CT molecular complexity index is 573. The summed E-state index contributed by atoms with van der Waals surface area (Å²) in [4.78, 5) is 25.1. The summed E-state index contributed by atoms with van der Waals surface area (Å²) in [7, 11) is 1.86. The number of likely N-dealkylation sites (N-methyl/N-ethyl adjacent to an activating group) is 1. The number of hydrogen-bond acceptors (Lipinski definition) is 2. The van der Waals surface area contributed by atoms with Crippen LogP contribution in [0.15, 0.2) is 12.1 Å². The molecular weight excluding hydrogens is 302 g/mol. The number of hydrogen-bond donors (Lipinski definition) is 3. The first kappa shape index (κ1) is 20.2. The molecule has 2 amide bonds. The standard InChI is InChI=1S/C19H31N3O2/c1-12(2)16(6)20-17(23)10-22(7)11-18(24)21-19-14(4)8-13(3)9-15(19)5/h8-9,12,16H,10-11H2,1-7H3,(H,20,23)(H,21,24)/p+1/t16-/m1/s1. The van der Waals surface area contributed by atoms with Gasteiger partial charge < -0.3 is 15.5 Å². The molecule has 1 aromatic carbocycles. The molecule has 3 N–H and O–H groups in total. The summed E-state index contributed by atoms with van der Waals surface area (Å²) < 4.78 is 0. The Hall–Kier alpha value is -1.88. The van der Waals surface area contributed by atoms with Gasteiger partial charge in [0.25, 0.3) is 11.8 Å². The third kappa shape index (κ3) is 6.32. The van der Waals surface area contributed by atoms with E-state index in [1.165, 1.54) is 5.56 Å². The second kappa shape index (κ2) is 8.83.